The van der Waals surface area contributed by atoms with E-state index in [0.717, 1.165) is 31.6 Å². The van der Waals surface area contributed by atoms with Crippen molar-refractivity contribution in [3.63, 3.8) is 0 Å². The number of esters is 1. The number of hydrogen-bond donors (Lipinski definition) is 1. The van der Waals surface area contributed by atoms with Crippen LogP contribution in [0.2, 0.25) is 5.02 Å². The Balaban J connectivity index is 1.71. The fourth-order valence-corrected chi connectivity index (χ4v) is 2.59. The molecule has 6 nitrogen and oxygen atoms in total. The Hall–Kier alpha value is -2.08. The second kappa shape index (κ2) is 5.73. The molecule has 2 N–H and O–H groups in total. The summed E-state index contributed by atoms with van der Waals surface area (Å²) in [4.78, 5) is 12.1. The maximum atomic E-state index is 12.1. The first-order valence-electron chi connectivity index (χ1n) is 6.79. The highest BCUT2D eigenvalue weighted by atomic mass is 35.5. The van der Waals surface area contributed by atoms with Gasteiger partial charge >= 0.3 is 5.97 Å². The molecule has 0 amide bonds. The van der Waals surface area contributed by atoms with E-state index in [9.17, 15) is 4.79 Å². The molecule has 0 radical (unpaired) electrons. The number of rotatable bonds is 3. The van der Waals surface area contributed by atoms with Gasteiger partial charge in [-0.2, -0.15) is 0 Å². The average molecular weight is 307 g/mol. The molecule has 1 aromatic heterocycles. The molecule has 1 aromatic carbocycles. The number of aryl methyl sites for hydroxylation is 1. The summed E-state index contributed by atoms with van der Waals surface area (Å²) in [7, 11) is 0. The number of fused-ring (bicyclic) bond motifs is 1. The number of nitrogens with zero attached hydrogens (tertiary/aromatic N) is 3. The van der Waals surface area contributed by atoms with E-state index in [0.29, 0.717) is 11.5 Å². The number of hydrogen-bond acceptors (Lipinski definition) is 5. The molecule has 0 spiro atoms. The van der Waals surface area contributed by atoms with Gasteiger partial charge in [0.2, 0.25) is 0 Å². The van der Waals surface area contributed by atoms with Crippen LogP contribution in [0.25, 0.3) is 0 Å². The van der Waals surface area contributed by atoms with Crippen molar-refractivity contribution < 1.29 is 9.53 Å². The van der Waals surface area contributed by atoms with Crippen LogP contribution in [0.1, 0.15) is 34.8 Å². The van der Waals surface area contributed by atoms with Crippen LogP contribution in [-0.4, -0.2) is 20.7 Å². The molecule has 0 atom stereocenters. The van der Waals surface area contributed by atoms with E-state index in [2.05, 4.69) is 10.2 Å². The Labute approximate surface area is 126 Å². The first kappa shape index (κ1) is 13.9. The third kappa shape index (κ3) is 2.71. The fraction of sp³-hybridized carbons (Fsp3) is 0.357. The van der Waals surface area contributed by atoms with Gasteiger partial charge in [0, 0.05) is 13.0 Å². The van der Waals surface area contributed by atoms with E-state index >= 15 is 0 Å². The van der Waals surface area contributed by atoms with Crippen LogP contribution in [0.15, 0.2) is 18.2 Å². The Bertz CT molecular complexity index is 684. The van der Waals surface area contributed by atoms with Crippen molar-refractivity contribution in [3.05, 3.63) is 40.4 Å². The Morgan fingerprint density at radius 3 is 3.10 bits per heavy atom. The van der Waals surface area contributed by atoms with Gasteiger partial charge < -0.3 is 15.0 Å². The number of benzene rings is 1. The van der Waals surface area contributed by atoms with Gasteiger partial charge in [0.1, 0.15) is 5.82 Å². The van der Waals surface area contributed by atoms with E-state index in [4.69, 9.17) is 22.1 Å². The molecule has 7 heteroatoms. The number of nitrogen functional groups attached to an aromatic ring is 1. The smallest absolute Gasteiger partial charge is 0.340 e. The number of carbonyl (C=O) groups excluding carboxylic acids is 1. The molecule has 1 aliphatic rings. The number of ether oxygens (including phenoxy) is 1. The first-order chi connectivity index (χ1) is 10.2. The van der Waals surface area contributed by atoms with Crippen molar-refractivity contribution in [2.75, 3.05) is 5.73 Å². The minimum Gasteiger partial charge on any atom is -0.454 e. The summed E-state index contributed by atoms with van der Waals surface area (Å²) in [5, 5.41) is 8.41. The quantitative estimate of drug-likeness (QED) is 0.694. The molecule has 0 unspecified atom stereocenters. The normalized spacial score (nSPS) is 13.8. The Morgan fingerprint density at radius 2 is 2.24 bits per heavy atom. The monoisotopic (exact) mass is 306 g/mol. The zero-order valence-electron chi connectivity index (χ0n) is 11.4. The van der Waals surface area contributed by atoms with Gasteiger partial charge in [-0.25, -0.2) is 4.79 Å². The van der Waals surface area contributed by atoms with E-state index < -0.39 is 5.97 Å². The van der Waals surface area contributed by atoms with E-state index in [1.165, 1.54) is 0 Å². The number of aromatic nitrogens is 3. The van der Waals surface area contributed by atoms with E-state index in [1.54, 1.807) is 18.2 Å². The molecule has 110 valence electrons. The van der Waals surface area contributed by atoms with Crippen LogP contribution < -0.4 is 5.73 Å². The predicted molar refractivity (Wildman–Crippen MR) is 77.9 cm³/mol. The van der Waals surface area contributed by atoms with Crippen LogP contribution in [-0.2, 0) is 24.3 Å². The lowest BCUT2D eigenvalue weighted by Crippen LogP contribution is -2.15. The minimum atomic E-state index is -0.513. The van der Waals surface area contributed by atoms with Crippen molar-refractivity contribution in [2.45, 2.75) is 32.4 Å². The molecular weight excluding hydrogens is 292 g/mol. The first-order valence-corrected chi connectivity index (χ1v) is 7.16. The highest BCUT2D eigenvalue weighted by molar-refractivity contribution is 6.36. The summed E-state index contributed by atoms with van der Waals surface area (Å²) in [5.74, 6) is 1.10. The molecule has 2 aromatic rings. The molecule has 3 rings (SSSR count). The molecule has 2 heterocycles. The van der Waals surface area contributed by atoms with Gasteiger partial charge in [0.25, 0.3) is 0 Å². The predicted octanol–water partition coefficient (Wildman–Crippen LogP) is 2.21. The third-order valence-electron chi connectivity index (χ3n) is 3.52. The molecule has 0 saturated heterocycles. The highest BCUT2D eigenvalue weighted by Gasteiger charge is 2.18. The zero-order chi connectivity index (χ0) is 14.8. The van der Waals surface area contributed by atoms with Gasteiger partial charge in [-0.15, -0.1) is 10.2 Å². The molecule has 0 fully saturated rings. The maximum Gasteiger partial charge on any atom is 0.340 e. The summed E-state index contributed by atoms with van der Waals surface area (Å²) < 4.78 is 7.28. The Kier molecular flexibility index (Phi) is 3.79. The lowest BCUT2D eigenvalue weighted by Gasteiger charge is -2.14. The lowest BCUT2D eigenvalue weighted by molar-refractivity contribution is 0.0457. The van der Waals surface area contributed by atoms with Gasteiger partial charge in [-0.05, 0) is 25.0 Å². The zero-order valence-corrected chi connectivity index (χ0v) is 12.1. The third-order valence-corrected chi connectivity index (χ3v) is 3.94. The number of halogens is 1. The molecule has 0 bridgehead atoms. The molecular formula is C14H15ClN4O2. The van der Waals surface area contributed by atoms with E-state index in [-0.39, 0.29) is 17.2 Å². The fourth-order valence-electron chi connectivity index (χ4n) is 2.39. The summed E-state index contributed by atoms with van der Waals surface area (Å²) in [6.45, 7) is 0.950. The molecule has 21 heavy (non-hydrogen) atoms. The summed E-state index contributed by atoms with van der Waals surface area (Å²) in [6, 6.07) is 4.88. The number of anilines is 1. The van der Waals surface area contributed by atoms with E-state index in [1.807, 2.05) is 4.57 Å². The van der Waals surface area contributed by atoms with Gasteiger partial charge in [-0.1, -0.05) is 17.7 Å². The average Bonchev–Trinajstić information content (AvgIpc) is 2.91. The lowest BCUT2D eigenvalue weighted by atomic mass is 10.2. The Morgan fingerprint density at radius 1 is 1.38 bits per heavy atom. The second-order valence-corrected chi connectivity index (χ2v) is 5.30. The van der Waals surface area contributed by atoms with Crippen LogP contribution in [0.4, 0.5) is 5.69 Å². The molecule has 0 aliphatic carbocycles. The summed E-state index contributed by atoms with van der Waals surface area (Å²) in [5.41, 5.74) is 6.29. The standard InChI is InChI=1S/C14H15ClN4O2/c15-13-9(4-3-5-10(13)16)14(20)21-8-12-18-17-11-6-1-2-7-19(11)12/h3-5H,1-2,6-8,16H2. The summed E-state index contributed by atoms with van der Waals surface area (Å²) in [6.07, 6.45) is 3.13. The summed E-state index contributed by atoms with van der Waals surface area (Å²) >= 11 is 6.01. The minimum absolute atomic E-state index is 0.0803. The van der Waals surface area contributed by atoms with Crippen molar-refractivity contribution in [3.8, 4) is 0 Å². The topological polar surface area (TPSA) is 83.0 Å². The van der Waals surface area contributed by atoms with Crippen molar-refractivity contribution in [1.29, 1.82) is 0 Å². The number of carbonyl (C=O) groups is 1. The van der Waals surface area contributed by atoms with Gasteiger partial charge in [0.15, 0.2) is 12.4 Å². The molecule has 1 aliphatic heterocycles. The van der Waals surface area contributed by atoms with Crippen molar-refractivity contribution >= 4 is 23.3 Å². The van der Waals surface area contributed by atoms with Crippen LogP contribution in [0.5, 0.6) is 0 Å². The van der Waals surface area contributed by atoms with Crippen LogP contribution in [0, 0.1) is 0 Å². The van der Waals surface area contributed by atoms with Crippen molar-refractivity contribution in [2.24, 2.45) is 0 Å². The van der Waals surface area contributed by atoms with Gasteiger partial charge in [-0.3, -0.25) is 0 Å². The second-order valence-electron chi connectivity index (χ2n) is 4.93. The van der Waals surface area contributed by atoms with Crippen LogP contribution in [0.3, 0.4) is 0 Å². The largest absolute Gasteiger partial charge is 0.454 e. The maximum absolute atomic E-state index is 12.1. The van der Waals surface area contributed by atoms with Crippen molar-refractivity contribution in [1.82, 2.24) is 14.8 Å². The highest BCUT2D eigenvalue weighted by Crippen LogP contribution is 2.24. The molecule has 0 saturated carbocycles. The number of nitrogens with two attached hydrogens (primary N) is 1. The van der Waals surface area contributed by atoms with Gasteiger partial charge in [0.05, 0.1) is 16.3 Å². The SMILES string of the molecule is Nc1cccc(C(=O)OCc2nnc3n2CCCC3)c1Cl. The van der Waals surface area contributed by atoms with Crippen LogP contribution >= 0.6 is 11.6 Å².